The SMILES string of the molecule is CN(CC(=O)Nc1cccc(F)c1)C(=O)CCCn1cnc2ccccc2c1=O. The lowest BCUT2D eigenvalue weighted by Gasteiger charge is -2.17. The maximum absolute atomic E-state index is 13.2. The highest BCUT2D eigenvalue weighted by molar-refractivity contribution is 5.94. The van der Waals surface area contributed by atoms with Crippen LogP contribution < -0.4 is 10.9 Å². The van der Waals surface area contributed by atoms with Gasteiger partial charge in [0.2, 0.25) is 11.8 Å². The van der Waals surface area contributed by atoms with Gasteiger partial charge in [-0.3, -0.25) is 19.0 Å². The summed E-state index contributed by atoms with van der Waals surface area (Å²) in [5.41, 5.74) is 0.818. The molecule has 29 heavy (non-hydrogen) atoms. The van der Waals surface area contributed by atoms with Crippen molar-refractivity contribution >= 4 is 28.4 Å². The molecule has 2 aromatic carbocycles. The normalized spacial score (nSPS) is 10.7. The molecule has 1 N–H and O–H groups in total. The van der Waals surface area contributed by atoms with E-state index in [1.165, 1.54) is 41.0 Å². The van der Waals surface area contributed by atoms with Crippen LogP contribution in [0, 0.1) is 5.82 Å². The number of nitrogens with one attached hydrogen (secondary N) is 1. The zero-order valence-electron chi connectivity index (χ0n) is 16.0. The molecule has 3 aromatic rings. The molecule has 2 amide bonds. The van der Waals surface area contributed by atoms with E-state index in [4.69, 9.17) is 0 Å². The van der Waals surface area contributed by atoms with Crippen LogP contribution >= 0.6 is 0 Å². The Bertz CT molecular complexity index is 1100. The topological polar surface area (TPSA) is 84.3 Å². The van der Waals surface area contributed by atoms with Gasteiger partial charge in [-0.1, -0.05) is 18.2 Å². The van der Waals surface area contributed by atoms with Gasteiger partial charge in [-0.2, -0.15) is 0 Å². The van der Waals surface area contributed by atoms with E-state index in [9.17, 15) is 18.8 Å². The first kappa shape index (κ1) is 20.2. The third-order valence-corrected chi connectivity index (χ3v) is 4.44. The van der Waals surface area contributed by atoms with Gasteiger partial charge >= 0.3 is 0 Å². The van der Waals surface area contributed by atoms with E-state index in [0.717, 1.165) is 0 Å². The van der Waals surface area contributed by atoms with Gasteiger partial charge in [-0.15, -0.1) is 0 Å². The maximum Gasteiger partial charge on any atom is 0.261 e. The van der Waals surface area contributed by atoms with Crippen molar-refractivity contribution in [3.05, 3.63) is 71.0 Å². The lowest BCUT2D eigenvalue weighted by Crippen LogP contribution is -2.35. The molecule has 8 heteroatoms. The van der Waals surface area contributed by atoms with Crippen LogP contribution in [0.1, 0.15) is 12.8 Å². The first-order valence-corrected chi connectivity index (χ1v) is 9.17. The molecule has 0 aliphatic rings. The number of carbonyl (C=O) groups excluding carboxylic acids is 2. The van der Waals surface area contributed by atoms with Gasteiger partial charge in [-0.05, 0) is 36.8 Å². The minimum absolute atomic E-state index is 0.146. The van der Waals surface area contributed by atoms with Crippen LogP contribution in [0.5, 0.6) is 0 Å². The van der Waals surface area contributed by atoms with Gasteiger partial charge in [0, 0.05) is 25.7 Å². The number of aromatic nitrogens is 2. The molecule has 0 bridgehead atoms. The van der Waals surface area contributed by atoms with Crippen LogP contribution in [-0.2, 0) is 16.1 Å². The number of benzene rings is 2. The number of rotatable bonds is 7. The number of hydrogen-bond donors (Lipinski definition) is 1. The predicted octanol–water partition coefficient (Wildman–Crippen LogP) is 2.41. The quantitative estimate of drug-likeness (QED) is 0.665. The summed E-state index contributed by atoms with van der Waals surface area (Å²) in [6.45, 7) is 0.207. The highest BCUT2D eigenvalue weighted by Gasteiger charge is 2.13. The molecular weight excluding hydrogens is 375 g/mol. The number of halogens is 1. The highest BCUT2D eigenvalue weighted by Crippen LogP contribution is 2.09. The van der Waals surface area contributed by atoms with Crippen molar-refractivity contribution in [3.63, 3.8) is 0 Å². The molecule has 0 atom stereocenters. The highest BCUT2D eigenvalue weighted by atomic mass is 19.1. The van der Waals surface area contributed by atoms with Crippen LogP contribution in [0.4, 0.5) is 10.1 Å². The second-order valence-electron chi connectivity index (χ2n) is 6.67. The summed E-state index contributed by atoms with van der Waals surface area (Å²) in [6.07, 6.45) is 2.10. The van der Waals surface area contributed by atoms with Gasteiger partial charge in [0.25, 0.3) is 5.56 Å². The van der Waals surface area contributed by atoms with Crippen molar-refractivity contribution in [1.29, 1.82) is 0 Å². The number of fused-ring (bicyclic) bond motifs is 1. The Morgan fingerprint density at radius 3 is 2.76 bits per heavy atom. The molecule has 0 unspecified atom stereocenters. The summed E-state index contributed by atoms with van der Waals surface area (Å²) in [4.78, 5) is 42.3. The number of carbonyl (C=O) groups is 2. The smallest absolute Gasteiger partial charge is 0.261 e. The van der Waals surface area contributed by atoms with E-state index in [0.29, 0.717) is 29.6 Å². The minimum Gasteiger partial charge on any atom is -0.336 e. The van der Waals surface area contributed by atoms with Crippen molar-refractivity contribution < 1.29 is 14.0 Å². The molecule has 1 aromatic heterocycles. The van der Waals surface area contributed by atoms with E-state index in [-0.39, 0.29) is 24.4 Å². The average Bonchev–Trinajstić information content (AvgIpc) is 2.69. The van der Waals surface area contributed by atoms with Gasteiger partial charge in [0.1, 0.15) is 5.82 Å². The van der Waals surface area contributed by atoms with Crippen molar-refractivity contribution in [3.8, 4) is 0 Å². The third kappa shape index (κ3) is 5.25. The number of nitrogens with zero attached hydrogens (tertiary/aromatic N) is 3. The summed E-state index contributed by atoms with van der Waals surface area (Å²) in [5.74, 6) is -1.09. The van der Waals surface area contributed by atoms with Crippen molar-refractivity contribution in [1.82, 2.24) is 14.5 Å². The molecular formula is C21H21FN4O3. The largest absolute Gasteiger partial charge is 0.336 e. The molecule has 1 heterocycles. The Kier molecular flexibility index (Phi) is 6.33. The predicted molar refractivity (Wildman–Crippen MR) is 108 cm³/mol. The molecule has 7 nitrogen and oxygen atoms in total. The minimum atomic E-state index is -0.453. The molecule has 0 saturated heterocycles. The van der Waals surface area contributed by atoms with E-state index >= 15 is 0 Å². The van der Waals surface area contributed by atoms with E-state index in [1.54, 1.807) is 24.3 Å². The van der Waals surface area contributed by atoms with E-state index < -0.39 is 11.7 Å². The zero-order valence-corrected chi connectivity index (χ0v) is 16.0. The van der Waals surface area contributed by atoms with Gasteiger partial charge in [0.05, 0.1) is 23.8 Å². The number of amides is 2. The maximum atomic E-state index is 13.2. The third-order valence-electron chi connectivity index (χ3n) is 4.44. The molecule has 0 spiro atoms. The summed E-state index contributed by atoms with van der Waals surface area (Å²) >= 11 is 0. The fourth-order valence-electron chi connectivity index (χ4n) is 2.93. The van der Waals surface area contributed by atoms with Crippen molar-refractivity contribution in [2.75, 3.05) is 18.9 Å². The molecule has 0 fully saturated rings. The lowest BCUT2D eigenvalue weighted by atomic mass is 10.2. The van der Waals surface area contributed by atoms with Crippen LogP contribution in [0.3, 0.4) is 0 Å². The molecule has 0 aliphatic carbocycles. The Hall–Kier alpha value is -3.55. The van der Waals surface area contributed by atoms with Gasteiger partial charge < -0.3 is 10.2 Å². The second kappa shape index (κ2) is 9.09. The summed E-state index contributed by atoms with van der Waals surface area (Å²) in [6, 6.07) is 12.6. The number of para-hydroxylation sites is 1. The Balaban J connectivity index is 1.49. The number of anilines is 1. The van der Waals surface area contributed by atoms with E-state index in [2.05, 4.69) is 10.3 Å². The summed E-state index contributed by atoms with van der Waals surface area (Å²) in [7, 11) is 1.53. The number of hydrogen-bond acceptors (Lipinski definition) is 4. The van der Waals surface area contributed by atoms with E-state index in [1.807, 2.05) is 6.07 Å². The van der Waals surface area contributed by atoms with Crippen molar-refractivity contribution in [2.45, 2.75) is 19.4 Å². The summed E-state index contributed by atoms with van der Waals surface area (Å²) < 4.78 is 14.6. The average molecular weight is 396 g/mol. The van der Waals surface area contributed by atoms with Crippen LogP contribution in [0.2, 0.25) is 0 Å². The Labute approximate surface area is 166 Å². The lowest BCUT2D eigenvalue weighted by molar-refractivity contribution is -0.133. The van der Waals surface area contributed by atoms with Crippen LogP contribution in [0.25, 0.3) is 10.9 Å². The molecule has 3 rings (SSSR count). The standard InChI is InChI=1S/C21H21FN4O3/c1-25(13-19(27)24-16-7-4-6-15(22)12-16)20(28)10-5-11-26-14-23-18-9-3-2-8-17(18)21(26)29/h2-4,6-9,12,14H,5,10-11,13H2,1H3,(H,24,27). The monoisotopic (exact) mass is 396 g/mol. The fourth-order valence-corrected chi connectivity index (χ4v) is 2.93. The van der Waals surface area contributed by atoms with Gasteiger partial charge in [0.15, 0.2) is 0 Å². The zero-order chi connectivity index (χ0) is 20.8. The molecule has 0 aliphatic heterocycles. The first-order valence-electron chi connectivity index (χ1n) is 9.17. The number of likely N-dealkylation sites (N-methyl/N-ethyl adjacent to an activating group) is 1. The molecule has 0 saturated carbocycles. The Morgan fingerprint density at radius 1 is 1.17 bits per heavy atom. The first-order chi connectivity index (χ1) is 13.9. The summed E-state index contributed by atoms with van der Waals surface area (Å²) in [5, 5.41) is 3.08. The molecule has 0 radical (unpaired) electrons. The Morgan fingerprint density at radius 2 is 1.97 bits per heavy atom. The van der Waals surface area contributed by atoms with Crippen LogP contribution in [0.15, 0.2) is 59.7 Å². The fraction of sp³-hybridized carbons (Fsp3) is 0.238. The van der Waals surface area contributed by atoms with Gasteiger partial charge in [-0.25, -0.2) is 9.37 Å². The second-order valence-corrected chi connectivity index (χ2v) is 6.67. The van der Waals surface area contributed by atoms with Crippen LogP contribution in [-0.4, -0.2) is 39.9 Å². The molecule has 150 valence electrons. The van der Waals surface area contributed by atoms with Crippen molar-refractivity contribution in [2.24, 2.45) is 0 Å². The number of aryl methyl sites for hydroxylation is 1.